The van der Waals surface area contributed by atoms with E-state index in [4.69, 9.17) is 0 Å². The molecule has 2 heteroatoms. The van der Waals surface area contributed by atoms with E-state index < -0.39 is 0 Å². The summed E-state index contributed by atoms with van der Waals surface area (Å²) < 4.78 is 0. The molecule has 2 nitrogen and oxygen atoms in total. The van der Waals surface area contributed by atoms with Crippen molar-refractivity contribution in [3.8, 4) is 0 Å². The Labute approximate surface area is 84.5 Å². The molecule has 0 spiro atoms. The van der Waals surface area contributed by atoms with E-state index in [9.17, 15) is 4.79 Å². The molecule has 1 heterocycles. The molecule has 14 heavy (non-hydrogen) atoms. The van der Waals surface area contributed by atoms with Crippen molar-refractivity contribution >= 4 is 5.91 Å². The Morgan fingerprint density at radius 2 is 1.93 bits per heavy atom. The Kier molecular flexibility index (Phi) is 2.28. The van der Waals surface area contributed by atoms with E-state index in [-0.39, 0.29) is 5.91 Å². The van der Waals surface area contributed by atoms with Gasteiger partial charge in [0.1, 0.15) is 0 Å². The second-order valence-corrected chi connectivity index (χ2v) is 4.09. The Morgan fingerprint density at radius 3 is 2.43 bits per heavy atom. The summed E-state index contributed by atoms with van der Waals surface area (Å²) in [5.74, 6) is 0.656. The van der Waals surface area contributed by atoms with Gasteiger partial charge >= 0.3 is 0 Å². The number of hydrogen-bond donors (Lipinski definition) is 0. The average molecular weight is 189 g/mol. The normalized spacial score (nSPS) is 21.7. The third kappa shape index (κ3) is 1.65. The highest BCUT2D eigenvalue weighted by Crippen LogP contribution is 2.26. The SMILES string of the molecule is Cc1ccc([C@H]2CC(=O)N(C)C2)cc1. The number of hydrogen-bond acceptors (Lipinski definition) is 1. The minimum Gasteiger partial charge on any atom is -0.345 e. The highest BCUT2D eigenvalue weighted by Gasteiger charge is 2.27. The molecule has 74 valence electrons. The number of benzene rings is 1. The molecular formula is C12H15NO. The second kappa shape index (κ2) is 3.45. The van der Waals surface area contributed by atoms with Crippen LogP contribution in [0.15, 0.2) is 24.3 Å². The van der Waals surface area contributed by atoms with Gasteiger partial charge in [-0.05, 0) is 12.5 Å². The first kappa shape index (κ1) is 9.25. The van der Waals surface area contributed by atoms with Crippen LogP contribution in [0.2, 0.25) is 0 Å². The van der Waals surface area contributed by atoms with E-state index in [1.807, 2.05) is 11.9 Å². The molecule has 1 atom stereocenters. The van der Waals surface area contributed by atoms with Crippen LogP contribution in [0.1, 0.15) is 23.5 Å². The number of carbonyl (C=O) groups is 1. The zero-order valence-electron chi connectivity index (χ0n) is 8.66. The van der Waals surface area contributed by atoms with Crippen LogP contribution in [0, 0.1) is 6.92 Å². The number of rotatable bonds is 1. The molecule has 1 fully saturated rings. The molecule has 1 amide bonds. The molecule has 0 aliphatic carbocycles. The minimum atomic E-state index is 0.260. The second-order valence-electron chi connectivity index (χ2n) is 4.09. The monoisotopic (exact) mass is 189 g/mol. The third-order valence-corrected chi connectivity index (χ3v) is 2.89. The molecular weight excluding hydrogens is 174 g/mol. The summed E-state index contributed by atoms with van der Waals surface area (Å²) in [5, 5.41) is 0. The van der Waals surface area contributed by atoms with Crippen molar-refractivity contribution in [2.24, 2.45) is 0 Å². The highest BCUT2D eigenvalue weighted by molar-refractivity contribution is 5.79. The molecule has 0 saturated carbocycles. The van der Waals surface area contributed by atoms with Crippen molar-refractivity contribution in [3.63, 3.8) is 0 Å². The van der Waals surface area contributed by atoms with Crippen molar-refractivity contribution in [2.75, 3.05) is 13.6 Å². The topological polar surface area (TPSA) is 20.3 Å². The molecule has 1 saturated heterocycles. The van der Waals surface area contributed by atoms with Crippen LogP contribution < -0.4 is 0 Å². The predicted molar refractivity (Wildman–Crippen MR) is 56.2 cm³/mol. The van der Waals surface area contributed by atoms with Gasteiger partial charge in [-0.2, -0.15) is 0 Å². The third-order valence-electron chi connectivity index (χ3n) is 2.89. The van der Waals surface area contributed by atoms with Gasteiger partial charge in [-0.25, -0.2) is 0 Å². The van der Waals surface area contributed by atoms with Crippen LogP contribution in [0.4, 0.5) is 0 Å². The largest absolute Gasteiger partial charge is 0.345 e. The molecule has 1 aliphatic heterocycles. The van der Waals surface area contributed by atoms with Gasteiger partial charge in [0.2, 0.25) is 5.91 Å². The van der Waals surface area contributed by atoms with Gasteiger partial charge in [0.15, 0.2) is 0 Å². The van der Waals surface area contributed by atoms with E-state index >= 15 is 0 Å². The van der Waals surface area contributed by atoms with Crippen LogP contribution in [0.5, 0.6) is 0 Å². The molecule has 0 N–H and O–H groups in total. The Morgan fingerprint density at radius 1 is 1.29 bits per heavy atom. The molecule has 0 radical (unpaired) electrons. The number of carbonyl (C=O) groups excluding carboxylic acids is 1. The first-order chi connectivity index (χ1) is 6.66. The molecule has 1 aromatic rings. The van der Waals surface area contributed by atoms with E-state index in [1.54, 1.807) is 0 Å². The van der Waals surface area contributed by atoms with Gasteiger partial charge in [0.05, 0.1) is 0 Å². The smallest absolute Gasteiger partial charge is 0.223 e. The van der Waals surface area contributed by atoms with Crippen molar-refractivity contribution in [2.45, 2.75) is 19.3 Å². The lowest BCUT2D eigenvalue weighted by Crippen LogP contribution is -2.18. The van der Waals surface area contributed by atoms with Crippen molar-refractivity contribution in [1.82, 2.24) is 4.90 Å². The first-order valence-electron chi connectivity index (χ1n) is 4.97. The van der Waals surface area contributed by atoms with Crippen LogP contribution in [0.25, 0.3) is 0 Å². The van der Waals surface area contributed by atoms with Crippen molar-refractivity contribution < 1.29 is 4.79 Å². The van der Waals surface area contributed by atoms with Gasteiger partial charge in [0.25, 0.3) is 0 Å². The standard InChI is InChI=1S/C12H15NO/c1-9-3-5-10(6-4-9)11-7-12(14)13(2)8-11/h3-6,11H,7-8H2,1-2H3/t11-/m0/s1. The zero-order valence-corrected chi connectivity index (χ0v) is 8.66. The number of amides is 1. The van der Waals surface area contributed by atoms with E-state index in [2.05, 4.69) is 31.2 Å². The summed E-state index contributed by atoms with van der Waals surface area (Å²) in [6.07, 6.45) is 0.666. The fraction of sp³-hybridized carbons (Fsp3) is 0.417. The van der Waals surface area contributed by atoms with Crippen LogP contribution in [-0.2, 0) is 4.79 Å². The summed E-state index contributed by atoms with van der Waals surface area (Å²) in [5.41, 5.74) is 2.56. The van der Waals surface area contributed by atoms with E-state index in [0.717, 1.165) is 6.54 Å². The Bertz CT molecular complexity index is 342. The number of likely N-dealkylation sites (tertiary alicyclic amines) is 1. The lowest BCUT2D eigenvalue weighted by atomic mass is 9.97. The van der Waals surface area contributed by atoms with Gasteiger partial charge in [-0.1, -0.05) is 29.8 Å². The van der Waals surface area contributed by atoms with Gasteiger partial charge in [-0.15, -0.1) is 0 Å². The molecule has 2 rings (SSSR count). The maximum Gasteiger partial charge on any atom is 0.223 e. The summed E-state index contributed by atoms with van der Waals surface area (Å²) in [4.78, 5) is 13.2. The first-order valence-corrected chi connectivity index (χ1v) is 4.97. The summed E-state index contributed by atoms with van der Waals surface area (Å²) in [6.45, 7) is 2.94. The summed E-state index contributed by atoms with van der Waals surface area (Å²) in [6, 6.07) is 8.48. The van der Waals surface area contributed by atoms with Gasteiger partial charge < -0.3 is 4.90 Å². The Balaban J connectivity index is 2.17. The number of nitrogens with zero attached hydrogens (tertiary/aromatic N) is 1. The minimum absolute atomic E-state index is 0.260. The molecule has 1 aromatic carbocycles. The lowest BCUT2D eigenvalue weighted by Gasteiger charge is -2.10. The van der Waals surface area contributed by atoms with Gasteiger partial charge in [-0.3, -0.25) is 4.79 Å². The molecule has 0 bridgehead atoms. The fourth-order valence-electron chi connectivity index (χ4n) is 1.93. The fourth-order valence-corrected chi connectivity index (χ4v) is 1.93. The van der Waals surface area contributed by atoms with E-state index in [0.29, 0.717) is 12.3 Å². The number of aryl methyl sites for hydroxylation is 1. The van der Waals surface area contributed by atoms with Gasteiger partial charge in [0, 0.05) is 25.9 Å². The molecule has 0 unspecified atom stereocenters. The van der Waals surface area contributed by atoms with Crippen LogP contribution in [-0.4, -0.2) is 24.4 Å². The predicted octanol–water partition coefficient (Wildman–Crippen LogP) is 1.94. The summed E-state index contributed by atoms with van der Waals surface area (Å²) >= 11 is 0. The highest BCUT2D eigenvalue weighted by atomic mass is 16.2. The number of likely N-dealkylation sites (N-methyl/N-ethyl adjacent to an activating group) is 1. The van der Waals surface area contributed by atoms with E-state index in [1.165, 1.54) is 11.1 Å². The van der Waals surface area contributed by atoms with Crippen LogP contribution in [0.3, 0.4) is 0 Å². The summed E-state index contributed by atoms with van der Waals surface area (Å²) in [7, 11) is 1.87. The quantitative estimate of drug-likeness (QED) is 0.661. The van der Waals surface area contributed by atoms with Crippen molar-refractivity contribution in [1.29, 1.82) is 0 Å². The Hall–Kier alpha value is -1.31. The zero-order chi connectivity index (χ0) is 10.1. The maximum atomic E-state index is 11.4. The lowest BCUT2D eigenvalue weighted by molar-refractivity contribution is -0.126. The molecule has 0 aromatic heterocycles. The van der Waals surface area contributed by atoms with Crippen LogP contribution >= 0.6 is 0 Å². The average Bonchev–Trinajstić information content (AvgIpc) is 2.48. The van der Waals surface area contributed by atoms with Crippen molar-refractivity contribution in [3.05, 3.63) is 35.4 Å². The molecule has 1 aliphatic rings. The maximum absolute atomic E-state index is 11.4.